The summed E-state index contributed by atoms with van der Waals surface area (Å²) in [5.41, 5.74) is 0. The largest absolute Gasteiger partial charge is 0.469 e. The molecule has 0 aromatic rings. The molecule has 0 aromatic carbocycles. The Labute approximate surface area is 298 Å². The van der Waals surface area contributed by atoms with Gasteiger partial charge in [0.25, 0.3) is 5.91 Å². The molecule has 0 aliphatic heterocycles. The van der Waals surface area contributed by atoms with Crippen molar-refractivity contribution in [3.63, 3.8) is 0 Å². The standard InChI is InChI=1S/C35H64N3O9.2CH3/c1-9-10-17-20-31(36-33(41)27-37(4,5)23-25-45-29(2)39)32(47-35(43)28-38(6,7)24-26-46-30(3)40)21-18-15-13-11-12-14-16-19-22-34(42)44-8;;/h15,18,31-32H,9-14,16-17,19-28H2,1-8H3;2*1H3/q+1;2*-1/p+1. The van der Waals surface area contributed by atoms with Gasteiger partial charge in [-0.1, -0.05) is 57.6 Å². The van der Waals surface area contributed by atoms with E-state index < -0.39 is 6.10 Å². The number of methoxy groups -OCH3 is 1. The Hall–Kier alpha value is -2.99. The molecule has 0 rings (SSSR count). The highest BCUT2D eigenvalue weighted by Gasteiger charge is 2.31. The van der Waals surface area contributed by atoms with Crippen LogP contribution in [-0.2, 0) is 42.9 Å². The Balaban J connectivity index is -0.0000106. The number of quaternary nitrogens is 2. The topological polar surface area (TPSA) is 134 Å². The van der Waals surface area contributed by atoms with E-state index in [9.17, 15) is 24.0 Å². The summed E-state index contributed by atoms with van der Waals surface area (Å²) < 4.78 is 21.6. The van der Waals surface area contributed by atoms with Crippen molar-refractivity contribution in [2.45, 2.75) is 110 Å². The lowest BCUT2D eigenvalue weighted by atomic mass is 9.99. The average Bonchev–Trinajstić information content (AvgIpc) is 2.95. The van der Waals surface area contributed by atoms with Crippen LogP contribution in [0.2, 0.25) is 0 Å². The first-order chi connectivity index (χ1) is 22.1. The van der Waals surface area contributed by atoms with Crippen LogP contribution in [0.3, 0.4) is 0 Å². The highest BCUT2D eigenvalue weighted by atomic mass is 16.5. The molecule has 0 radical (unpaired) electrons. The molecule has 0 bridgehead atoms. The maximum atomic E-state index is 13.3. The number of amides is 1. The van der Waals surface area contributed by atoms with Crippen LogP contribution in [0.1, 0.15) is 97.8 Å². The van der Waals surface area contributed by atoms with Crippen molar-refractivity contribution in [2.24, 2.45) is 0 Å². The smallest absolute Gasteiger partial charge is 0.362 e. The van der Waals surface area contributed by atoms with E-state index in [-0.39, 0.29) is 81.5 Å². The normalized spacial score (nSPS) is 12.6. The van der Waals surface area contributed by atoms with Gasteiger partial charge in [0.1, 0.15) is 32.4 Å². The fourth-order valence-electron chi connectivity index (χ4n) is 5.00. The van der Waals surface area contributed by atoms with E-state index in [0.29, 0.717) is 36.8 Å². The molecule has 12 nitrogen and oxygen atoms in total. The summed E-state index contributed by atoms with van der Waals surface area (Å²) in [6.07, 6.45) is 13.9. The van der Waals surface area contributed by atoms with Crippen LogP contribution in [0, 0.1) is 14.9 Å². The van der Waals surface area contributed by atoms with Crippen molar-refractivity contribution in [1.29, 1.82) is 0 Å². The number of carbonyl (C=O) groups is 5. The molecule has 2 unspecified atom stereocenters. The summed E-state index contributed by atoms with van der Waals surface area (Å²) in [5.74, 6) is -1.42. The molecule has 1 amide bonds. The Morgan fingerprint density at radius 3 is 1.82 bits per heavy atom. The molecule has 1 N–H and O–H groups in total. The van der Waals surface area contributed by atoms with Gasteiger partial charge in [0.15, 0.2) is 13.1 Å². The first kappa shape index (κ1) is 50.4. The van der Waals surface area contributed by atoms with Crippen molar-refractivity contribution in [3.05, 3.63) is 27.0 Å². The average molecular weight is 702 g/mol. The third kappa shape index (κ3) is 29.6. The number of likely N-dealkylation sites (N-methyl/N-ethyl adjacent to an activating group) is 2. The molecule has 12 heteroatoms. The van der Waals surface area contributed by atoms with Gasteiger partial charge in [0.2, 0.25) is 0 Å². The van der Waals surface area contributed by atoms with Gasteiger partial charge in [-0.15, -0.1) is 0 Å². The zero-order chi connectivity index (χ0) is 35.7. The van der Waals surface area contributed by atoms with Crippen LogP contribution >= 0.6 is 0 Å². The van der Waals surface area contributed by atoms with Crippen LogP contribution in [-0.4, -0.2) is 126 Å². The monoisotopic (exact) mass is 702 g/mol. The van der Waals surface area contributed by atoms with E-state index in [0.717, 1.165) is 57.8 Å². The number of rotatable bonds is 27. The van der Waals surface area contributed by atoms with Gasteiger partial charge in [-0.3, -0.25) is 19.2 Å². The lowest BCUT2D eigenvalue weighted by Gasteiger charge is -2.33. The number of nitrogens with zero attached hydrogens (tertiary/aromatic N) is 2. The SMILES string of the molecule is CCCCCC(NC(=O)C[N+](C)(C)CCOC(C)=O)C(CC=CCCCCCCCC(=O)OC)OC(=O)C[N+](C)(C)CCOC(C)=O.[CH3-].[CH3-]. The van der Waals surface area contributed by atoms with Crippen LogP contribution in [0.25, 0.3) is 0 Å². The predicted molar refractivity (Wildman–Crippen MR) is 194 cm³/mol. The second kappa shape index (κ2) is 28.8. The third-order valence-electron chi connectivity index (χ3n) is 7.84. The summed E-state index contributed by atoms with van der Waals surface area (Å²) >= 11 is 0. The van der Waals surface area contributed by atoms with E-state index in [1.807, 2.05) is 34.3 Å². The van der Waals surface area contributed by atoms with E-state index in [1.165, 1.54) is 21.0 Å². The zero-order valence-electron chi connectivity index (χ0n) is 32.6. The second-order valence-electron chi connectivity index (χ2n) is 13.6. The van der Waals surface area contributed by atoms with Crippen molar-refractivity contribution in [3.8, 4) is 0 Å². The lowest BCUT2D eigenvalue weighted by Crippen LogP contribution is -2.54. The molecular weight excluding hydrogens is 630 g/mol. The maximum absolute atomic E-state index is 13.3. The van der Waals surface area contributed by atoms with Gasteiger partial charge in [-0.2, -0.15) is 0 Å². The Morgan fingerprint density at radius 2 is 1.27 bits per heavy atom. The van der Waals surface area contributed by atoms with E-state index in [1.54, 1.807) is 0 Å². The van der Waals surface area contributed by atoms with Gasteiger partial charge in [-0.05, 0) is 25.7 Å². The number of allylic oxidation sites excluding steroid dienone is 1. The summed E-state index contributed by atoms with van der Waals surface area (Å²) in [6.45, 7) is 6.47. The highest BCUT2D eigenvalue weighted by molar-refractivity contribution is 5.77. The van der Waals surface area contributed by atoms with E-state index in [4.69, 9.17) is 14.2 Å². The fourth-order valence-corrected chi connectivity index (χ4v) is 5.00. The molecule has 49 heavy (non-hydrogen) atoms. The Morgan fingerprint density at radius 1 is 0.714 bits per heavy atom. The quantitative estimate of drug-likeness (QED) is 0.0314. The number of hydrogen-bond acceptors (Lipinski definition) is 9. The minimum atomic E-state index is -0.553. The number of nitrogens with one attached hydrogen (secondary N) is 1. The molecule has 0 saturated carbocycles. The third-order valence-corrected chi connectivity index (χ3v) is 7.84. The zero-order valence-corrected chi connectivity index (χ0v) is 32.6. The van der Waals surface area contributed by atoms with Crippen LogP contribution in [0.5, 0.6) is 0 Å². The van der Waals surface area contributed by atoms with Crippen molar-refractivity contribution in [2.75, 3.05) is 74.7 Å². The van der Waals surface area contributed by atoms with Gasteiger partial charge in [-0.25, -0.2) is 4.79 Å². The van der Waals surface area contributed by atoms with E-state index >= 15 is 0 Å². The van der Waals surface area contributed by atoms with Gasteiger partial charge < -0.3 is 48.1 Å². The predicted octanol–water partition coefficient (Wildman–Crippen LogP) is 4.99. The molecule has 0 spiro atoms. The molecule has 0 fully saturated rings. The number of unbranched alkanes of at least 4 members (excludes halogenated alkanes) is 7. The molecule has 2 atom stereocenters. The van der Waals surface area contributed by atoms with Crippen molar-refractivity contribution in [1.82, 2.24) is 5.32 Å². The molecule has 0 aromatic heterocycles. The molecule has 288 valence electrons. The molecule has 0 heterocycles. The van der Waals surface area contributed by atoms with Crippen molar-refractivity contribution >= 4 is 29.8 Å². The van der Waals surface area contributed by atoms with Crippen LogP contribution in [0.4, 0.5) is 0 Å². The minimum Gasteiger partial charge on any atom is -0.469 e. The number of ether oxygens (including phenoxy) is 4. The maximum Gasteiger partial charge on any atom is 0.362 e. The Bertz CT molecular complexity index is 967. The summed E-state index contributed by atoms with van der Waals surface area (Å²) in [5, 5.41) is 3.17. The fraction of sp³-hybridized carbons (Fsp3) is 0.757. The molecule has 0 aliphatic rings. The summed E-state index contributed by atoms with van der Waals surface area (Å²) in [4.78, 5) is 60.2. The van der Waals surface area contributed by atoms with Gasteiger partial charge >= 0.3 is 23.9 Å². The lowest BCUT2D eigenvalue weighted by molar-refractivity contribution is -0.883. The second-order valence-corrected chi connectivity index (χ2v) is 13.6. The van der Waals surface area contributed by atoms with Gasteiger partial charge in [0, 0.05) is 26.7 Å². The van der Waals surface area contributed by atoms with Crippen molar-refractivity contribution < 1.29 is 51.9 Å². The number of carbonyl (C=O) groups excluding carboxylic acids is 5. The number of esters is 4. The number of hydrogen-bond donors (Lipinski definition) is 1. The van der Waals surface area contributed by atoms with Crippen LogP contribution < -0.4 is 5.32 Å². The highest BCUT2D eigenvalue weighted by Crippen LogP contribution is 2.16. The van der Waals surface area contributed by atoms with Crippen LogP contribution in [0.15, 0.2) is 12.2 Å². The first-order valence-electron chi connectivity index (χ1n) is 17.2. The molecule has 0 saturated heterocycles. The Kier molecular flexibility index (Phi) is 29.6. The molecule has 0 aliphatic carbocycles. The van der Waals surface area contributed by atoms with E-state index in [2.05, 4.69) is 23.1 Å². The minimum absolute atomic E-state index is 0. The summed E-state index contributed by atoms with van der Waals surface area (Å²) in [7, 11) is 8.98. The first-order valence-corrected chi connectivity index (χ1v) is 17.2. The molecular formula is C37H71N3O9. The van der Waals surface area contributed by atoms with Gasteiger partial charge in [0.05, 0.1) is 41.3 Å². The summed E-state index contributed by atoms with van der Waals surface area (Å²) in [6, 6.07) is -0.373.